The van der Waals surface area contributed by atoms with Gasteiger partial charge < -0.3 is 4.74 Å². The summed E-state index contributed by atoms with van der Waals surface area (Å²) in [5, 5.41) is 0. The van der Waals surface area contributed by atoms with Crippen molar-refractivity contribution >= 4 is 5.97 Å². The lowest BCUT2D eigenvalue weighted by Crippen LogP contribution is -2.47. The molecule has 4 nitrogen and oxygen atoms in total. The maximum absolute atomic E-state index is 12.1. The number of hydrogen-bond acceptors (Lipinski definition) is 4. The highest BCUT2D eigenvalue weighted by Gasteiger charge is 2.30. The van der Waals surface area contributed by atoms with E-state index >= 15 is 0 Å². The Bertz CT molecular complexity index is 270. The molecule has 0 spiro atoms. The Morgan fingerprint density at radius 3 is 2.29 bits per heavy atom. The predicted molar refractivity (Wildman–Crippen MR) is 66.6 cm³/mol. The Morgan fingerprint density at radius 2 is 1.65 bits per heavy atom. The fourth-order valence-electron chi connectivity index (χ4n) is 2.78. The summed E-state index contributed by atoms with van der Waals surface area (Å²) in [6.45, 7) is 2.05. The van der Waals surface area contributed by atoms with Gasteiger partial charge in [0.1, 0.15) is 6.04 Å². The summed E-state index contributed by atoms with van der Waals surface area (Å²) in [6.07, 6.45) is 6.67. The summed E-state index contributed by atoms with van der Waals surface area (Å²) in [5.41, 5.74) is 0. The summed E-state index contributed by atoms with van der Waals surface area (Å²) in [6, 6.07) is -0.0147. The van der Waals surface area contributed by atoms with E-state index < -0.39 is 0 Å². The number of piperidine rings is 2. The molecule has 2 fully saturated rings. The van der Waals surface area contributed by atoms with Crippen molar-refractivity contribution < 1.29 is 9.53 Å². The molecule has 2 saturated heterocycles. The average Bonchev–Trinajstić information content (AvgIpc) is 2.32. The second-order valence-electron chi connectivity index (χ2n) is 5.36. The molecule has 2 rings (SSSR count). The van der Waals surface area contributed by atoms with Crippen LogP contribution in [0.25, 0.3) is 0 Å². The third-order valence-electron chi connectivity index (χ3n) is 4.00. The minimum atomic E-state index is -0.0223. The first-order chi connectivity index (χ1) is 8.18. The van der Waals surface area contributed by atoms with Gasteiger partial charge in [-0.3, -0.25) is 14.6 Å². The van der Waals surface area contributed by atoms with Gasteiger partial charge in [0.15, 0.2) is 6.23 Å². The first-order valence-corrected chi connectivity index (χ1v) is 6.79. The zero-order valence-electron chi connectivity index (χ0n) is 11.0. The van der Waals surface area contributed by atoms with Crippen molar-refractivity contribution in [3.63, 3.8) is 0 Å². The SMILES string of the molecule is CN1CCCCC1OC(=O)C1CCCCN1C. The number of nitrogens with zero attached hydrogens (tertiary/aromatic N) is 2. The monoisotopic (exact) mass is 240 g/mol. The van der Waals surface area contributed by atoms with Gasteiger partial charge in [0, 0.05) is 6.54 Å². The van der Waals surface area contributed by atoms with E-state index in [4.69, 9.17) is 4.74 Å². The number of ether oxygens (including phenoxy) is 1. The van der Waals surface area contributed by atoms with Gasteiger partial charge in [0.05, 0.1) is 0 Å². The Hall–Kier alpha value is -0.610. The minimum absolute atomic E-state index is 0.00609. The van der Waals surface area contributed by atoms with Gasteiger partial charge >= 0.3 is 5.97 Å². The molecule has 17 heavy (non-hydrogen) atoms. The second kappa shape index (κ2) is 5.83. The van der Waals surface area contributed by atoms with Gasteiger partial charge in [-0.2, -0.15) is 0 Å². The molecular formula is C13H24N2O2. The molecule has 0 N–H and O–H groups in total. The molecule has 2 heterocycles. The third-order valence-corrected chi connectivity index (χ3v) is 4.00. The molecule has 0 aromatic rings. The number of likely N-dealkylation sites (N-methyl/N-ethyl adjacent to an activating group) is 1. The van der Waals surface area contributed by atoms with Gasteiger partial charge in [-0.15, -0.1) is 0 Å². The molecule has 2 aliphatic rings. The molecular weight excluding hydrogens is 216 g/mol. The number of rotatable bonds is 2. The third kappa shape index (κ3) is 3.19. The van der Waals surface area contributed by atoms with Crippen molar-refractivity contribution in [1.29, 1.82) is 0 Å². The Morgan fingerprint density at radius 1 is 1.00 bits per heavy atom. The quantitative estimate of drug-likeness (QED) is 0.684. The summed E-state index contributed by atoms with van der Waals surface area (Å²) in [4.78, 5) is 16.4. The molecule has 0 aliphatic carbocycles. The highest BCUT2D eigenvalue weighted by atomic mass is 16.6. The van der Waals surface area contributed by atoms with Gasteiger partial charge in [0.25, 0.3) is 0 Å². The topological polar surface area (TPSA) is 32.8 Å². The molecule has 2 atom stereocenters. The van der Waals surface area contributed by atoms with Crippen LogP contribution in [0.5, 0.6) is 0 Å². The molecule has 0 aromatic carbocycles. The molecule has 0 amide bonds. The second-order valence-corrected chi connectivity index (χ2v) is 5.36. The van der Waals surface area contributed by atoms with E-state index in [2.05, 4.69) is 9.80 Å². The van der Waals surface area contributed by atoms with Crippen LogP contribution in [-0.2, 0) is 9.53 Å². The average molecular weight is 240 g/mol. The number of hydrogen-bond donors (Lipinski definition) is 0. The van der Waals surface area contributed by atoms with E-state index in [9.17, 15) is 4.79 Å². The van der Waals surface area contributed by atoms with Gasteiger partial charge in [-0.25, -0.2) is 0 Å². The standard InChI is InChI=1S/C13H24N2O2/c1-14-9-5-3-7-11(14)13(16)17-12-8-4-6-10-15(12)2/h11-12H,3-10H2,1-2H3. The minimum Gasteiger partial charge on any atom is -0.445 e. The van der Waals surface area contributed by atoms with Gasteiger partial charge in [0.2, 0.25) is 0 Å². The molecule has 0 bridgehead atoms. The lowest BCUT2D eigenvalue weighted by molar-refractivity contribution is -0.167. The van der Waals surface area contributed by atoms with Crippen molar-refractivity contribution in [2.24, 2.45) is 0 Å². The van der Waals surface area contributed by atoms with E-state index in [1.54, 1.807) is 0 Å². The highest BCUT2D eigenvalue weighted by Crippen LogP contribution is 2.20. The Kier molecular flexibility index (Phi) is 4.40. The molecule has 0 radical (unpaired) electrons. The molecule has 2 aliphatic heterocycles. The molecule has 98 valence electrons. The fraction of sp³-hybridized carbons (Fsp3) is 0.923. The molecule has 2 unspecified atom stereocenters. The van der Waals surface area contributed by atoms with Crippen LogP contribution in [-0.4, -0.2) is 55.2 Å². The summed E-state index contributed by atoms with van der Waals surface area (Å²) in [5.74, 6) is -0.0223. The maximum atomic E-state index is 12.1. The Labute approximate surface area is 104 Å². The van der Waals surface area contributed by atoms with Crippen molar-refractivity contribution in [2.45, 2.75) is 50.8 Å². The van der Waals surface area contributed by atoms with Gasteiger partial charge in [-0.05, 0) is 52.7 Å². The van der Waals surface area contributed by atoms with Crippen LogP contribution >= 0.6 is 0 Å². The van der Waals surface area contributed by atoms with E-state index in [1.165, 1.54) is 19.3 Å². The summed E-state index contributed by atoms with van der Waals surface area (Å²) in [7, 11) is 4.07. The zero-order chi connectivity index (χ0) is 12.3. The van der Waals surface area contributed by atoms with Crippen molar-refractivity contribution in [3.8, 4) is 0 Å². The first kappa shape index (κ1) is 12.8. The lowest BCUT2D eigenvalue weighted by atomic mass is 10.0. The number of likely N-dealkylation sites (tertiary alicyclic amines) is 2. The van der Waals surface area contributed by atoms with Crippen LogP contribution < -0.4 is 0 Å². The molecule has 4 heteroatoms. The van der Waals surface area contributed by atoms with E-state index in [0.29, 0.717) is 0 Å². The largest absolute Gasteiger partial charge is 0.445 e. The van der Waals surface area contributed by atoms with Crippen molar-refractivity contribution in [3.05, 3.63) is 0 Å². The van der Waals surface area contributed by atoms with E-state index in [0.717, 1.165) is 32.4 Å². The number of carbonyl (C=O) groups is 1. The van der Waals surface area contributed by atoms with Crippen LogP contribution in [0, 0.1) is 0 Å². The van der Waals surface area contributed by atoms with E-state index in [-0.39, 0.29) is 18.2 Å². The predicted octanol–water partition coefficient (Wildman–Crippen LogP) is 1.46. The number of carbonyl (C=O) groups excluding carboxylic acids is 1. The maximum Gasteiger partial charge on any atom is 0.324 e. The first-order valence-electron chi connectivity index (χ1n) is 6.79. The Balaban J connectivity index is 1.86. The van der Waals surface area contributed by atoms with Gasteiger partial charge in [-0.1, -0.05) is 6.42 Å². The summed E-state index contributed by atoms with van der Waals surface area (Å²) < 4.78 is 5.66. The fourth-order valence-corrected chi connectivity index (χ4v) is 2.78. The van der Waals surface area contributed by atoms with Crippen LogP contribution in [0.4, 0.5) is 0 Å². The smallest absolute Gasteiger partial charge is 0.324 e. The van der Waals surface area contributed by atoms with Crippen molar-refractivity contribution in [1.82, 2.24) is 9.80 Å². The number of esters is 1. The molecule has 0 saturated carbocycles. The van der Waals surface area contributed by atoms with Crippen molar-refractivity contribution in [2.75, 3.05) is 27.2 Å². The van der Waals surface area contributed by atoms with Crippen LogP contribution in [0.2, 0.25) is 0 Å². The highest BCUT2D eigenvalue weighted by molar-refractivity contribution is 5.76. The lowest BCUT2D eigenvalue weighted by Gasteiger charge is -2.35. The van der Waals surface area contributed by atoms with Crippen LogP contribution in [0.3, 0.4) is 0 Å². The van der Waals surface area contributed by atoms with Crippen LogP contribution in [0.15, 0.2) is 0 Å². The summed E-state index contributed by atoms with van der Waals surface area (Å²) >= 11 is 0. The normalized spacial score (nSPS) is 32.4. The van der Waals surface area contributed by atoms with Crippen LogP contribution in [0.1, 0.15) is 38.5 Å². The zero-order valence-corrected chi connectivity index (χ0v) is 11.0. The molecule has 0 aromatic heterocycles. The van der Waals surface area contributed by atoms with E-state index in [1.807, 2.05) is 14.1 Å².